The molecular formula is C13H21N5O. The lowest BCUT2D eigenvalue weighted by Gasteiger charge is -2.26. The molecule has 0 amide bonds. The highest BCUT2D eigenvalue weighted by molar-refractivity contribution is 5.80. The van der Waals surface area contributed by atoms with Crippen molar-refractivity contribution in [2.24, 2.45) is 10.9 Å². The Bertz CT molecular complexity index is 460. The van der Waals surface area contributed by atoms with Gasteiger partial charge in [-0.2, -0.15) is 0 Å². The van der Waals surface area contributed by atoms with Gasteiger partial charge in [-0.1, -0.05) is 5.16 Å². The number of hydrogen-bond acceptors (Lipinski definition) is 5. The number of nitrogens with two attached hydrogens (primary N) is 1. The normalized spacial score (nSPS) is 15.1. The van der Waals surface area contributed by atoms with Crippen LogP contribution in [0.2, 0.25) is 0 Å². The highest BCUT2D eigenvalue weighted by Crippen LogP contribution is 2.26. The molecule has 104 valence electrons. The molecule has 0 saturated carbocycles. The number of fused-ring (bicyclic) bond motifs is 1. The molecule has 1 aromatic heterocycles. The molecule has 19 heavy (non-hydrogen) atoms. The van der Waals surface area contributed by atoms with E-state index in [1.54, 1.807) is 6.33 Å². The third-order valence-electron chi connectivity index (χ3n) is 3.55. The Hall–Kier alpha value is -1.85. The number of anilines is 1. The van der Waals surface area contributed by atoms with Crippen LogP contribution in [0.4, 0.5) is 5.82 Å². The largest absolute Gasteiger partial charge is 0.409 e. The summed E-state index contributed by atoms with van der Waals surface area (Å²) in [4.78, 5) is 11.0. The van der Waals surface area contributed by atoms with Gasteiger partial charge < -0.3 is 15.8 Å². The van der Waals surface area contributed by atoms with Gasteiger partial charge in [0.05, 0.1) is 0 Å². The molecule has 3 N–H and O–H groups in total. The van der Waals surface area contributed by atoms with Crippen molar-refractivity contribution in [1.29, 1.82) is 0 Å². The minimum absolute atomic E-state index is 0.251. The molecule has 6 heteroatoms. The van der Waals surface area contributed by atoms with E-state index in [0.717, 1.165) is 25.2 Å². The smallest absolute Gasteiger partial charge is 0.140 e. The van der Waals surface area contributed by atoms with Crippen LogP contribution in [0.15, 0.2) is 11.5 Å². The minimum atomic E-state index is 0.251. The van der Waals surface area contributed by atoms with Gasteiger partial charge in [0.2, 0.25) is 0 Å². The van der Waals surface area contributed by atoms with Crippen LogP contribution in [0.5, 0.6) is 0 Å². The Morgan fingerprint density at radius 1 is 1.42 bits per heavy atom. The second kappa shape index (κ2) is 6.36. The van der Waals surface area contributed by atoms with Crippen molar-refractivity contribution in [2.45, 2.75) is 39.0 Å². The molecule has 0 radical (unpaired) electrons. The van der Waals surface area contributed by atoms with E-state index in [1.807, 2.05) is 0 Å². The minimum Gasteiger partial charge on any atom is -0.409 e. The highest BCUT2D eigenvalue weighted by Gasteiger charge is 2.18. The Kier molecular flexibility index (Phi) is 4.54. The van der Waals surface area contributed by atoms with Crippen molar-refractivity contribution >= 4 is 11.7 Å². The molecule has 0 atom stereocenters. The molecule has 0 fully saturated rings. The number of rotatable bonds is 5. The summed E-state index contributed by atoms with van der Waals surface area (Å²) in [5.74, 6) is 1.26. The first-order valence-electron chi connectivity index (χ1n) is 6.80. The molecule has 0 bridgehead atoms. The van der Waals surface area contributed by atoms with Crippen LogP contribution in [0.3, 0.4) is 0 Å². The van der Waals surface area contributed by atoms with E-state index in [1.165, 1.54) is 24.1 Å². The van der Waals surface area contributed by atoms with Gasteiger partial charge in [-0.3, -0.25) is 0 Å². The molecule has 0 spiro atoms. The van der Waals surface area contributed by atoms with Crippen LogP contribution in [-0.4, -0.2) is 34.1 Å². The molecule has 0 aliphatic heterocycles. The number of amidine groups is 1. The van der Waals surface area contributed by atoms with Gasteiger partial charge in [-0.25, -0.2) is 9.97 Å². The first-order valence-corrected chi connectivity index (χ1v) is 6.80. The quantitative estimate of drug-likeness (QED) is 0.362. The van der Waals surface area contributed by atoms with Crippen LogP contribution < -0.4 is 10.6 Å². The summed E-state index contributed by atoms with van der Waals surface area (Å²) in [6, 6.07) is 0. The van der Waals surface area contributed by atoms with E-state index in [0.29, 0.717) is 13.0 Å². The van der Waals surface area contributed by atoms with E-state index in [-0.39, 0.29) is 5.84 Å². The SMILES string of the molecule is CCN(CCC(N)=NO)c1ncnc2c1CCCC2. The first-order chi connectivity index (χ1) is 9.26. The summed E-state index contributed by atoms with van der Waals surface area (Å²) in [6.07, 6.45) is 6.67. The Morgan fingerprint density at radius 2 is 2.21 bits per heavy atom. The molecule has 1 aliphatic rings. The molecular weight excluding hydrogens is 242 g/mol. The summed E-state index contributed by atoms with van der Waals surface area (Å²) in [7, 11) is 0. The molecule has 1 aliphatic carbocycles. The van der Waals surface area contributed by atoms with Crippen molar-refractivity contribution in [3.63, 3.8) is 0 Å². The maximum Gasteiger partial charge on any atom is 0.140 e. The first kappa shape index (κ1) is 13.6. The predicted octanol–water partition coefficient (Wildman–Crippen LogP) is 1.32. The van der Waals surface area contributed by atoms with Gasteiger partial charge in [-0.15, -0.1) is 0 Å². The molecule has 1 heterocycles. The zero-order valence-corrected chi connectivity index (χ0v) is 11.3. The Morgan fingerprint density at radius 3 is 2.95 bits per heavy atom. The summed E-state index contributed by atoms with van der Waals surface area (Å²) < 4.78 is 0. The average Bonchev–Trinajstić information content (AvgIpc) is 2.47. The lowest BCUT2D eigenvalue weighted by atomic mass is 9.96. The van der Waals surface area contributed by atoms with Gasteiger partial charge in [0.1, 0.15) is 18.0 Å². The summed E-state index contributed by atoms with van der Waals surface area (Å²) >= 11 is 0. The fourth-order valence-corrected chi connectivity index (χ4v) is 2.49. The predicted molar refractivity (Wildman–Crippen MR) is 74.6 cm³/mol. The van der Waals surface area contributed by atoms with Gasteiger partial charge in [0.15, 0.2) is 0 Å². The molecule has 2 rings (SSSR count). The van der Waals surface area contributed by atoms with Crippen molar-refractivity contribution in [1.82, 2.24) is 9.97 Å². The molecule has 0 saturated heterocycles. The Balaban J connectivity index is 2.18. The maximum absolute atomic E-state index is 8.60. The van der Waals surface area contributed by atoms with E-state index in [4.69, 9.17) is 10.9 Å². The summed E-state index contributed by atoms with van der Waals surface area (Å²) in [5.41, 5.74) is 7.98. The van der Waals surface area contributed by atoms with E-state index in [9.17, 15) is 0 Å². The van der Waals surface area contributed by atoms with Crippen molar-refractivity contribution < 1.29 is 5.21 Å². The third-order valence-corrected chi connectivity index (χ3v) is 3.55. The lowest BCUT2D eigenvalue weighted by Crippen LogP contribution is -2.30. The van der Waals surface area contributed by atoms with Crippen molar-refractivity contribution in [2.75, 3.05) is 18.0 Å². The van der Waals surface area contributed by atoms with Gasteiger partial charge in [0.25, 0.3) is 0 Å². The van der Waals surface area contributed by atoms with E-state index in [2.05, 4.69) is 26.9 Å². The van der Waals surface area contributed by atoms with Crippen LogP contribution >= 0.6 is 0 Å². The zero-order chi connectivity index (χ0) is 13.7. The fourth-order valence-electron chi connectivity index (χ4n) is 2.49. The maximum atomic E-state index is 8.60. The number of nitrogens with zero attached hydrogens (tertiary/aromatic N) is 4. The van der Waals surface area contributed by atoms with Gasteiger partial charge >= 0.3 is 0 Å². The zero-order valence-electron chi connectivity index (χ0n) is 11.3. The van der Waals surface area contributed by atoms with Crippen LogP contribution in [-0.2, 0) is 12.8 Å². The molecule has 0 unspecified atom stereocenters. The monoisotopic (exact) mass is 263 g/mol. The number of hydrogen-bond donors (Lipinski definition) is 2. The fraction of sp³-hybridized carbons (Fsp3) is 0.615. The number of aromatic nitrogens is 2. The molecule has 6 nitrogen and oxygen atoms in total. The Labute approximate surface area is 113 Å². The van der Waals surface area contributed by atoms with Crippen molar-refractivity contribution in [3.05, 3.63) is 17.6 Å². The van der Waals surface area contributed by atoms with Crippen molar-refractivity contribution in [3.8, 4) is 0 Å². The third kappa shape index (κ3) is 3.13. The molecule has 1 aromatic rings. The second-order valence-electron chi connectivity index (χ2n) is 4.75. The lowest BCUT2D eigenvalue weighted by molar-refractivity contribution is 0.317. The summed E-state index contributed by atoms with van der Waals surface area (Å²) in [5, 5.41) is 11.6. The van der Waals surface area contributed by atoms with Gasteiger partial charge in [0, 0.05) is 30.8 Å². The van der Waals surface area contributed by atoms with Crippen LogP contribution in [0.25, 0.3) is 0 Å². The standard InChI is InChI=1S/C13H21N5O/c1-2-18(8-7-12(14)17-19)13-10-5-3-4-6-11(10)15-9-16-13/h9,19H,2-8H2,1H3,(H2,14,17). The van der Waals surface area contributed by atoms with E-state index < -0.39 is 0 Å². The number of oxime groups is 1. The van der Waals surface area contributed by atoms with Crippen LogP contribution in [0, 0.1) is 0 Å². The molecule has 0 aromatic carbocycles. The van der Waals surface area contributed by atoms with E-state index >= 15 is 0 Å². The summed E-state index contributed by atoms with van der Waals surface area (Å²) in [6.45, 7) is 3.64. The van der Waals surface area contributed by atoms with Gasteiger partial charge in [-0.05, 0) is 32.6 Å². The average molecular weight is 263 g/mol. The number of aryl methyl sites for hydroxylation is 1. The topological polar surface area (TPSA) is 87.6 Å². The second-order valence-corrected chi connectivity index (χ2v) is 4.75. The van der Waals surface area contributed by atoms with Crippen LogP contribution in [0.1, 0.15) is 37.4 Å². The highest BCUT2D eigenvalue weighted by atomic mass is 16.4.